The molecule has 0 rings (SSSR count). The Morgan fingerprint density at radius 2 is 0.663 bits per heavy atom. The molecule has 0 bridgehead atoms. The third-order valence-electron chi connectivity index (χ3n) is 14.0. The Kier molecular flexibility index (Phi) is 64.2. The molecule has 0 aliphatic carbocycles. The standard InChI is InChI=1S/C73H124NO8P/c1-3-5-7-9-11-13-15-17-19-21-23-25-26-27-28-29-30-31-32-33-34-35-36-37-38-39-40-41-42-43-44-46-48-50-52-54-56-58-60-62-64-66-73(76)82-71(70-81-83(77,78)80-68-67-74)69-79-72(75)65-63-61-59-57-55-53-51-49-47-45-24-22-20-18-16-14-12-10-8-6-4-2/h5,7,11,13,16-19,22-25,27-28,30-31,33-34,36-37,39-40,71H,3-4,6,8-10,12,14-15,20-21,26,29,32,35,38,41-70,74H2,1-2H3,(H,77,78)/b7-5-,13-11-,18-16-,19-17-,24-22-,25-23-,28-27-,31-30-,34-33-,37-36-,40-39-. The van der Waals surface area contributed by atoms with Crippen molar-refractivity contribution in [1.82, 2.24) is 0 Å². The fourth-order valence-electron chi connectivity index (χ4n) is 9.07. The number of ether oxygens (including phenoxy) is 2. The van der Waals surface area contributed by atoms with Gasteiger partial charge in [-0.3, -0.25) is 18.6 Å². The van der Waals surface area contributed by atoms with E-state index in [4.69, 9.17) is 24.3 Å². The van der Waals surface area contributed by atoms with E-state index in [1.165, 1.54) is 135 Å². The van der Waals surface area contributed by atoms with Crippen LogP contribution in [0.25, 0.3) is 0 Å². The molecule has 474 valence electrons. The van der Waals surface area contributed by atoms with Crippen LogP contribution in [-0.4, -0.2) is 49.3 Å². The summed E-state index contributed by atoms with van der Waals surface area (Å²) in [5, 5.41) is 0. The van der Waals surface area contributed by atoms with E-state index in [9.17, 15) is 19.0 Å². The first-order chi connectivity index (χ1) is 40.8. The summed E-state index contributed by atoms with van der Waals surface area (Å²) in [6.45, 7) is 3.62. The third-order valence-corrected chi connectivity index (χ3v) is 15.0. The van der Waals surface area contributed by atoms with Crippen LogP contribution in [0.5, 0.6) is 0 Å². The molecule has 0 spiro atoms. The third kappa shape index (κ3) is 67.2. The van der Waals surface area contributed by atoms with Crippen LogP contribution in [-0.2, 0) is 32.7 Å². The zero-order valence-electron chi connectivity index (χ0n) is 53.1. The predicted octanol–water partition coefficient (Wildman–Crippen LogP) is 22.1. The molecule has 0 aromatic rings. The minimum Gasteiger partial charge on any atom is -0.462 e. The van der Waals surface area contributed by atoms with Gasteiger partial charge >= 0.3 is 19.8 Å². The maximum absolute atomic E-state index is 12.7. The topological polar surface area (TPSA) is 134 Å². The Labute approximate surface area is 510 Å². The van der Waals surface area contributed by atoms with Crippen molar-refractivity contribution in [2.45, 2.75) is 290 Å². The number of hydrogen-bond acceptors (Lipinski definition) is 8. The number of carbonyl (C=O) groups is 2. The van der Waals surface area contributed by atoms with Crippen LogP contribution in [0.3, 0.4) is 0 Å². The van der Waals surface area contributed by atoms with Gasteiger partial charge < -0.3 is 20.1 Å². The van der Waals surface area contributed by atoms with Crippen molar-refractivity contribution in [3.63, 3.8) is 0 Å². The highest BCUT2D eigenvalue weighted by Crippen LogP contribution is 2.43. The molecule has 0 radical (unpaired) electrons. The molecule has 10 heteroatoms. The summed E-state index contributed by atoms with van der Waals surface area (Å²) >= 11 is 0. The molecular formula is C73H124NO8P. The van der Waals surface area contributed by atoms with Gasteiger partial charge in [0.1, 0.15) is 6.61 Å². The molecule has 0 aliphatic heterocycles. The van der Waals surface area contributed by atoms with Crippen LogP contribution >= 0.6 is 7.82 Å². The Hall–Kier alpha value is -3.85. The smallest absolute Gasteiger partial charge is 0.462 e. The molecule has 0 amide bonds. The first kappa shape index (κ1) is 79.2. The van der Waals surface area contributed by atoms with E-state index in [1.807, 2.05) is 0 Å². The second kappa shape index (κ2) is 67.3. The summed E-state index contributed by atoms with van der Waals surface area (Å²) in [4.78, 5) is 35.3. The molecule has 2 unspecified atom stereocenters. The Balaban J connectivity index is 3.92. The zero-order chi connectivity index (χ0) is 60.1. The molecule has 2 atom stereocenters. The lowest BCUT2D eigenvalue weighted by Crippen LogP contribution is -2.29. The lowest BCUT2D eigenvalue weighted by molar-refractivity contribution is -0.161. The molecule has 0 saturated heterocycles. The molecule has 0 aromatic carbocycles. The van der Waals surface area contributed by atoms with Gasteiger partial charge in [-0.05, 0) is 116 Å². The minimum absolute atomic E-state index is 0.0480. The molecule has 3 N–H and O–H groups in total. The van der Waals surface area contributed by atoms with Gasteiger partial charge in [-0.1, -0.05) is 289 Å². The first-order valence-electron chi connectivity index (χ1n) is 33.7. The van der Waals surface area contributed by atoms with Gasteiger partial charge in [-0.2, -0.15) is 0 Å². The first-order valence-corrected chi connectivity index (χ1v) is 35.2. The van der Waals surface area contributed by atoms with Crippen LogP contribution in [0.4, 0.5) is 0 Å². The van der Waals surface area contributed by atoms with Crippen LogP contribution in [0, 0.1) is 0 Å². The number of esters is 2. The van der Waals surface area contributed by atoms with Crippen molar-refractivity contribution in [2.75, 3.05) is 26.4 Å². The predicted molar refractivity (Wildman–Crippen MR) is 357 cm³/mol. The van der Waals surface area contributed by atoms with Crippen molar-refractivity contribution < 1.29 is 37.6 Å². The number of nitrogens with two attached hydrogens (primary N) is 1. The van der Waals surface area contributed by atoms with Gasteiger partial charge in [0.15, 0.2) is 6.10 Å². The van der Waals surface area contributed by atoms with Gasteiger partial charge in [0.2, 0.25) is 0 Å². The SMILES string of the molecule is CC/C=C\C/C=C\C/C=C\C/C=C\C/C=C\C/C=C\C/C=C\C/C=C\C/C=C\CCCCCCCCCCCCCCCC(=O)OC(COC(=O)CCCCCCCCCCC/C=C\C/C=C\CCCCCCC)COP(=O)(O)OCCN. The van der Waals surface area contributed by atoms with Gasteiger partial charge in [0.25, 0.3) is 0 Å². The van der Waals surface area contributed by atoms with Gasteiger partial charge in [-0.25, -0.2) is 4.57 Å². The van der Waals surface area contributed by atoms with Crippen molar-refractivity contribution in [1.29, 1.82) is 0 Å². The van der Waals surface area contributed by atoms with Crippen molar-refractivity contribution in [3.8, 4) is 0 Å². The highest BCUT2D eigenvalue weighted by Gasteiger charge is 2.26. The molecule has 0 saturated carbocycles. The quantitative estimate of drug-likeness (QED) is 0.0264. The Morgan fingerprint density at radius 1 is 0.373 bits per heavy atom. The maximum Gasteiger partial charge on any atom is 0.472 e. The summed E-state index contributed by atoms with van der Waals surface area (Å²) < 4.78 is 33.1. The number of rotatable bonds is 62. The summed E-state index contributed by atoms with van der Waals surface area (Å²) in [5.41, 5.74) is 5.39. The second-order valence-corrected chi connectivity index (χ2v) is 23.4. The van der Waals surface area contributed by atoms with E-state index in [2.05, 4.69) is 148 Å². The highest BCUT2D eigenvalue weighted by atomic mass is 31.2. The average molecular weight is 1170 g/mol. The van der Waals surface area contributed by atoms with E-state index in [-0.39, 0.29) is 38.6 Å². The molecule has 83 heavy (non-hydrogen) atoms. The van der Waals surface area contributed by atoms with Crippen LogP contribution in [0.1, 0.15) is 284 Å². The summed E-state index contributed by atoms with van der Waals surface area (Å²) in [6, 6.07) is 0. The molecule has 0 aliphatic rings. The molecule has 9 nitrogen and oxygen atoms in total. The van der Waals surface area contributed by atoms with Gasteiger partial charge in [-0.15, -0.1) is 0 Å². The van der Waals surface area contributed by atoms with E-state index in [0.717, 1.165) is 116 Å². The van der Waals surface area contributed by atoms with Gasteiger partial charge in [0.05, 0.1) is 13.2 Å². The Bertz CT molecular complexity index is 1820. The average Bonchev–Trinajstić information content (AvgIpc) is 3.49. The van der Waals surface area contributed by atoms with E-state index < -0.39 is 26.5 Å². The lowest BCUT2D eigenvalue weighted by atomic mass is 10.0. The number of unbranched alkanes of at least 4 members (excludes halogenated alkanes) is 27. The number of hydrogen-bond donors (Lipinski definition) is 2. The van der Waals surface area contributed by atoms with E-state index in [0.29, 0.717) is 6.42 Å². The summed E-state index contributed by atoms with van der Waals surface area (Å²) in [6.07, 6.45) is 95.3. The largest absolute Gasteiger partial charge is 0.472 e. The van der Waals surface area contributed by atoms with E-state index in [1.54, 1.807) is 0 Å². The van der Waals surface area contributed by atoms with Crippen molar-refractivity contribution >= 4 is 19.8 Å². The minimum atomic E-state index is -4.40. The number of allylic oxidation sites excluding steroid dienone is 22. The number of phosphoric acid groups is 1. The second-order valence-electron chi connectivity index (χ2n) is 22.0. The molecule has 0 aromatic heterocycles. The van der Waals surface area contributed by atoms with Crippen LogP contribution in [0.2, 0.25) is 0 Å². The fraction of sp³-hybridized carbons (Fsp3) is 0.671. The molecular weight excluding hydrogens is 1050 g/mol. The highest BCUT2D eigenvalue weighted by molar-refractivity contribution is 7.47. The van der Waals surface area contributed by atoms with Gasteiger partial charge in [0, 0.05) is 19.4 Å². The molecule has 0 fully saturated rings. The van der Waals surface area contributed by atoms with E-state index >= 15 is 0 Å². The van der Waals surface area contributed by atoms with Crippen LogP contribution < -0.4 is 5.73 Å². The Morgan fingerprint density at radius 3 is 0.988 bits per heavy atom. The monoisotopic (exact) mass is 1170 g/mol. The summed E-state index contributed by atoms with van der Waals surface area (Å²) in [7, 11) is -4.40. The zero-order valence-corrected chi connectivity index (χ0v) is 54.0. The fourth-order valence-corrected chi connectivity index (χ4v) is 9.84. The lowest BCUT2D eigenvalue weighted by Gasteiger charge is -2.19. The number of carbonyl (C=O) groups excluding carboxylic acids is 2. The number of phosphoric ester groups is 1. The normalized spacial score (nSPS) is 13.8. The maximum atomic E-state index is 12.7. The van der Waals surface area contributed by atoms with Crippen molar-refractivity contribution in [3.05, 3.63) is 134 Å². The summed E-state index contributed by atoms with van der Waals surface area (Å²) in [5.74, 6) is -0.833. The van der Waals surface area contributed by atoms with Crippen molar-refractivity contribution in [2.24, 2.45) is 5.73 Å². The van der Waals surface area contributed by atoms with Crippen LogP contribution in [0.15, 0.2) is 134 Å². The molecule has 0 heterocycles.